The average molecular weight is 419 g/mol. The number of rotatable bonds is 7. The number of carbonyl (C=O) groups excluding carboxylic acids is 2. The number of ether oxygens (including phenoxy) is 2. The van der Waals surface area contributed by atoms with Gasteiger partial charge in [0.2, 0.25) is 0 Å². The van der Waals surface area contributed by atoms with Gasteiger partial charge in [-0.15, -0.1) is 0 Å². The van der Waals surface area contributed by atoms with Gasteiger partial charge in [0.05, 0.1) is 10.6 Å². The van der Waals surface area contributed by atoms with E-state index in [1.807, 2.05) is 39.0 Å². The standard InChI is InChI=1S/C21H25NO6S/c1-21(2,3)15-9-5-7-11-17(15)27-14-20(24)28-13-19(23)22-16-10-6-8-12-18(16)29(4,25)26/h5-12H,13-14H2,1-4H3,(H,22,23). The van der Waals surface area contributed by atoms with E-state index in [-0.39, 0.29) is 22.6 Å². The predicted octanol–water partition coefficient (Wildman–Crippen LogP) is 2.95. The van der Waals surface area contributed by atoms with Gasteiger partial charge in [0.25, 0.3) is 5.91 Å². The number of amides is 1. The van der Waals surface area contributed by atoms with Crippen molar-refractivity contribution in [1.82, 2.24) is 0 Å². The van der Waals surface area contributed by atoms with E-state index in [0.29, 0.717) is 5.75 Å². The van der Waals surface area contributed by atoms with Crippen molar-refractivity contribution in [3.05, 3.63) is 54.1 Å². The number of hydrogen-bond acceptors (Lipinski definition) is 6. The third-order valence-corrected chi connectivity index (χ3v) is 5.12. The highest BCUT2D eigenvalue weighted by atomic mass is 32.2. The summed E-state index contributed by atoms with van der Waals surface area (Å²) in [5.74, 6) is -0.784. The number of anilines is 1. The molecule has 8 heteroatoms. The fourth-order valence-electron chi connectivity index (χ4n) is 2.62. The Kier molecular flexibility index (Phi) is 7.02. The molecule has 0 heterocycles. The van der Waals surface area contributed by atoms with E-state index in [1.165, 1.54) is 12.1 Å². The highest BCUT2D eigenvalue weighted by Crippen LogP contribution is 2.30. The largest absolute Gasteiger partial charge is 0.482 e. The lowest BCUT2D eigenvalue weighted by Crippen LogP contribution is -2.24. The summed E-state index contributed by atoms with van der Waals surface area (Å²) in [4.78, 5) is 24.0. The number of hydrogen-bond donors (Lipinski definition) is 1. The molecule has 1 amide bonds. The maximum atomic E-state index is 12.0. The van der Waals surface area contributed by atoms with Gasteiger partial charge >= 0.3 is 5.97 Å². The number of benzene rings is 2. The number of para-hydroxylation sites is 2. The quantitative estimate of drug-likeness (QED) is 0.693. The smallest absolute Gasteiger partial charge is 0.344 e. The second-order valence-corrected chi connectivity index (χ2v) is 9.50. The Morgan fingerprint density at radius 3 is 2.24 bits per heavy atom. The highest BCUT2D eigenvalue weighted by molar-refractivity contribution is 7.90. The monoisotopic (exact) mass is 419 g/mol. The third-order valence-electron chi connectivity index (χ3n) is 3.97. The molecule has 0 radical (unpaired) electrons. The number of nitrogens with one attached hydrogen (secondary N) is 1. The van der Waals surface area contributed by atoms with Crippen LogP contribution in [0.25, 0.3) is 0 Å². The van der Waals surface area contributed by atoms with Crippen molar-refractivity contribution in [1.29, 1.82) is 0 Å². The molecule has 0 saturated heterocycles. The molecule has 0 saturated carbocycles. The summed E-state index contributed by atoms with van der Waals surface area (Å²) in [7, 11) is -3.51. The van der Waals surface area contributed by atoms with Crippen LogP contribution in [-0.2, 0) is 29.6 Å². The molecule has 2 aromatic rings. The van der Waals surface area contributed by atoms with Gasteiger partial charge in [-0.1, -0.05) is 51.1 Å². The van der Waals surface area contributed by atoms with Crippen LogP contribution in [0.3, 0.4) is 0 Å². The molecule has 0 unspecified atom stereocenters. The Hall–Kier alpha value is -2.87. The van der Waals surface area contributed by atoms with Crippen LogP contribution in [0, 0.1) is 0 Å². The Balaban J connectivity index is 1.90. The summed E-state index contributed by atoms with van der Waals surface area (Å²) < 4.78 is 34.0. The lowest BCUT2D eigenvalue weighted by atomic mass is 9.86. The molecule has 0 aliphatic heterocycles. The second-order valence-electron chi connectivity index (χ2n) is 7.51. The van der Waals surface area contributed by atoms with Crippen LogP contribution in [0.15, 0.2) is 53.4 Å². The lowest BCUT2D eigenvalue weighted by molar-refractivity contribution is -0.149. The van der Waals surface area contributed by atoms with Crippen LogP contribution in [-0.4, -0.2) is 39.8 Å². The topological polar surface area (TPSA) is 98.8 Å². The van der Waals surface area contributed by atoms with Crippen molar-refractivity contribution in [3.8, 4) is 5.75 Å². The zero-order chi connectivity index (χ0) is 21.7. The van der Waals surface area contributed by atoms with Gasteiger partial charge in [-0.25, -0.2) is 13.2 Å². The number of esters is 1. The first-order chi connectivity index (χ1) is 13.5. The first-order valence-electron chi connectivity index (χ1n) is 8.95. The summed E-state index contributed by atoms with van der Waals surface area (Å²) in [6, 6.07) is 13.4. The van der Waals surface area contributed by atoms with Crippen molar-refractivity contribution in [2.45, 2.75) is 31.1 Å². The second kappa shape index (κ2) is 9.09. The zero-order valence-electron chi connectivity index (χ0n) is 16.9. The van der Waals surface area contributed by atoms with Crippen molar-refractivity contribution in [2.75, 3.05) is 24.8 Å². The van der Waals surface area contributed by atoms with Crippen molar-refractivity contribution >= 4 is 27.4 Å². The van der Waals surface area contributed by atoms with E-state index in [9.17, 15) is 18.0 Å². The highest BCUT2D eigenvalue weighted by Gasteiger charge is 2.19. The molecule has 0 aromatic heterocycles. The predicted molar refractivity (Wildman–Crippen MR) is 110 cm³/mol. The first kappa shape index (κ1) is 22.4. The van der Waals surface area contributed by atoms with Crippen LogP contribution < -0.4 is 10.1 Å². The van der Waals surface area contributed by atoms with Crippen LogP contribution in [0.2, 0.25) is 0 Å². The molecule has 2 rings (SSSR count). The minimum atomic E-state index is -3.51. The Morgan fingerprint density at radius 1 is 0.966 bits per heavy atom. The Bertz CT molecular complexity index is 992. The summed E-state index contributed by atoms with van der Waals surface area (Å²) >= 11 is 0. The molecule has 0 spiro atoms. The summed E-state index contributed by atoms with van der Waals surface area (Å²) in [5, 5.41) is 2.44. The van der Waals surface area contributed by atoms with Gasteiger partial charge in [0, 0.05) is 6.26 Å². The summed E-state index contributed by atoms with van der Waals surface area (Å²) in [5.41, 5.74) is 0.919. The van der Waals surface area contributed by atoms with Gasteiger partial charge in [-0.05, 0) is 29.2 Å². The minimum Gasteiger partial charge on any atom is -0.482 e. The molecule has 7 nitrogen and oxygen atoms in total. The van der Waals surface area contributed by atoms with Gasteiger partial charge in [-0.3, -0.25) is 4.79 Å². The van der Waals surface area contributed by atoms with Crippen molar-refractivity contribution in [2.24, 2.45) is 0 Å². The van der Waals surface area contributed by atoms with Crippen molar-refractivity contribution in [3.63, 3.8) is 0 Å². The van der Waals surface area contributed by atoms with E-state index >= 15 is 0 Å². The third kappa shape index (κ3) is 6.60. The lowest BCUT2D eigenvalue weighted by Gasteiger charge is -2.22. The van der Waals surface area contributed by atoms with Crippen LogP contribution >= 0.6 is 0 Å². The van der Waals surface area contributed by atoms with E-state index in [4.69, 9.17) is 9.47 Å². The van der Waals surface area contributed by atoms with Gasteiger partial charge in [-0.2, -0.15) is 0 Å². The van der Waals surface area contributed by atoms with Crippen LogP contribution in [0.1, 0.15) is 26.3 Å². The van der Waals surface area contributed by atoms with Crippen LogP contribution in [0.4, 0.5) is 5.69 Å². The molecule has 0 aliphatic carbocycles. The fourth-order valence-corrected chi connectivity index (χ4v) is 3.46. The molecule has 0 atom stereocenters. The van der Waals surface area contributed by atoms with Gasteiger partial charge in [0.15, 0.2) is 23.1 Å². The Labute approximate surface area is 170 Å². The molecular formula is C21H25NO6S. The SMILES string of the molecule is CC(C)(C)c1ccccc1OCC(=O)OCC(=O)Nc1ccccc1S(C)(=O)=O. The maximum absolute atomic E-state index is 12.0. The van der Waals surface area contributed by atoms with E-state index in [2.05, 4.69) is 5.32 Å². The maximum Gasteiger partial charge on any atom is 0.344 e. The zero-order valence-corrected chi connectivity index (χ0v) is 17.7. The molecule has 2 aromatic carbocycles. The summed E-state index contributed by atoms with van der Waals surface area (Å²) in [6.07, 6.45) is 1.05. The van der Waals surface area contributed by atoms with E-state index in [1.54, 1.807) is 18.2 Å². The van der Waals surface area contributed by atoms with Gasteiger partial charge < -0.3 is 14.8 Å². The molecule has 156 valence electrons. The molecule has 1 N–H and O–H groups in total. The summed E-state index contributed by atoms with van der Waals surface area (Å²) in [6.45, 7) is 5.20. The fraction of sp³-hybridized carbons (Fsp3) is 0.333. The van der Waals surface area contributed by atoms with E-state index in [0.717, 1.165) is 11.8 Å². The normalized spacial score (nSPS) is 11.6. The number of sulfone groups is 1. The molecule has 0 aliphatic rings. The van der Waals surface area contributed by atoms with E-state index < -0.39 is 28.3 Å². The number of carbonyl (C=O) groups is 2. The molecule has 29 heavy (non-hydrogen) atoms. The molecular weight excluding hydrogens is 394 g/mol. The first-order valence-corrected chi connectivity index (χ1v) is 10.8. The van der Waals surface area contributed by atoms with Crippen molar-refractivity contribution < 1.29 is 27.5 Å². The van der Waals surface area contributed by atoms with Gasteiger partial charge in [0.1, 0.15) is 5.75 Å². The Morgan fingerprint density at radius 2 is 1.59 bits per heavy atom. The van der Waals surface area contributed by atoms with Crippen LogP contribution in [0.5, 0.6) is 5.75 Å². The minimum absolute atomic E-state index is 0.0122. The molecule has 0 bridgehead atoms. The average Bonchev–Trinajstić information content (AvgIpc) is 2.64. The molecule has 0 fully saturated rings.